The molecule has 0 fully saturated rings. The minimum absolute atomic E-state index is 0. The summed E-state index contributed by atoms with van der Waals surface area (Å²) in [5.74, 6) is 0.895. The third-order valence-electron chi connectivity index (χ3n) is 1.86. The molecule has 0 unspecified atom stereocenters. The summed E-state index contributed by atoms with van der Waals surface area (Å²) >= 11 is 0. The molecular weight excluding hydrogens is 200 g/mol. The monoisotopic (exact) mass is 210 g/mol. The van der Waals surface area contributed by atoms with Crippen LogP contribution in [0.4, 0.5) is 0 Å². The molecule has 74 valence electrons. The summed E-state index contributed by atoms with van der Waals surface area (Å²) in [6.45, 7) is 0. The first kappa shape index (κ1) is 10.4. The van der Waals surface area contributed by atoms with Gasteiger partial charge in [0.1, 0.15) is 5.82 Å². The summed E-state index contributed by atoms with van der Waals surface area (Å²) in [6, 6.07) is 7.62. The predicted molar refractivity (Wildman–Crippen MR) is 58.3 cm³/mol. The van der Waals surface area contributed by atoms with E-state index in [9.17, 15) is 0 Å². The first-order chi connectivity index (χ1) is 6.29. The quantitative estimate of drug-likeness (QED) is 0.543. The Hall–Kier alpha value is -1.68. The van der Waals surface area contributed by atoms with Crippen molar-refractivity contribution in [1.82, 2.24) is 9.13 Å². The molecule has 0 aliphatic heterocycles. The Balaban J connectivity index is 0.000000980. The van der Waals surface area contributed by atoms with Crippen LogP contribution in [-0.4, -0.2) is 15.1 Å². The molecule has 0 amide bonds. The summed E-state index contributed by atoms with van der Waals surface area (Å²) < 4.78 is 3.52. The van der Waals surface area contributed by atoms with Crippen molar-refractivity contribution in [3.63, 3.8) is 0 Å². The van der Waals surface area contributed by atoms with Crippen molar-refractivity contribution in [1.29, 1.82) is 5.41 Å². The van der Waals surface area contributed by atoms with Gasteiger partial charge in [0.25, 0.3) is 0 Å². The average molecular weight is 211 g/mol. The van der Waals surface area contributed by atoms with Crippen LogP contribution in [0.1, 0.15) is 0 Å². The third-order valence-corrected chi connectivity index (χ3v) is 1.86. The van der Waals surface area contributed by atoms with Crippen LogP contribution in [0.2, 0.25) is 0 Å². The Morgan fingerprint density at radius 3 is 2.36 bits per heavy atom. The minimum Gasteiger partial charge on any atom is -0.369 e. The number of halogens is 1. The molecule has 14 heavy (non-hydrogen) atoms. The van der Waals surface area contributed by atoms with Crippen molar-refractivity contribution in [2.24, 2.45) is 5.73 Å². The van der Waals surface area contributed by atoms with E-state index in [1.807, 2.05) is 41.2 Å². The van der Waals surface area contributed by atoms with Gasteiger partial charge in [-0.15, -0.1) is 12.4 Å². The fourth-order valence-electron chi connectivity index (χ4n) is 1.27. The number of nitrogen functional groups attached to an aromatic ring is 1. The Bertz CT molecular complexity index is 416. The number of hydrogen-bond acceptors (Lipinski definition) is 1. The minimum atomic E-state index is 0. The van der Waals surface area contributed by atoms with Gasteiger partial charge in [-0.05, 0) is 24.3 Å². The molecular formula is C9H11ClN4. The largest absolute Gasteiger partial charge is 0.369 e. The van der Waals surface area contributed by atoms with Gasteiger partial charge in [0.05, 0.1) is 0 Å². The molecule has 0 aliphatic carbocycles. The van der Waals surface area contributed by atoms with Crippen molar-refractivity contribution in [3.05, 3.63) is 42.9 Å². The summed E-state index contributed by atoms with van der Waals surface area (Å²) in [5.41, 5.74) is 5.40. The molecule has 2 rings (SSSR count). The third kappa shape index (κ3) is 1.65. The van der Waals surface area contributed by atoms with Gasteiger partial charge in [-0.2, -0.15) is 0 Å². The van der Waals surface area contributed by atoms with Crippen molar-refractivity contribution in [2.75, 3.05) is 0 Å². The van der Waals surface area contributed by atoms with E-state index in [1.165, 1.54) is 0 Å². The van der Waals surface area contributed by atoms with Crippen molar-refractivity contribution >= 4 is 18.4 Å². The van der Waals surface area contributed by atoms with Gasteiger partial charge in [-0.1, -0.05) is 0 Å². The van der Waals surface area contributed by atoms with E-state index >= 15 is 0 Å². The van der Waals surface area contributed by atoms with Crippen LogP contribution in [0, 0.1) is 5.41 Å². The fraction of sp³-hybridized carbons (Fsp3) is 0. The zero-order chi connectivity index (χ0) is 9.26. The van der Waals surface area contributed by atoms with E-state index < -0.39 is 0 Å². The van der Waals surface area contributed by atoms with Crippen molar-refractivity contribution < 1.29 is 0 Å². The standard InChI is InChI=1S/C9H10N4.ClH/c10-9(11)13-7-3-4-8(13)12-5-1-2-6-12;/h1-7H,(H3,10,11);1H. The lowest BCUT2D eigenvalue weighted by Gasteiger charge is -2.06. The van der Waals surface area contributed by atoms with Gasteiger partial charge in [0.2, 0.25) is 0 Å². The summed E-state index contributed by atoms with van der Waals surface area (Å²) in [6.07, 6.45) is 5.58. The fourth-order valence-corrected chi connectivity index (χ4v) is 1.27. The first-order valence-electron chi connectivity index (χ1n) is 3.94. The van der Waals surface area contributed by atoms with E-state index in [1.54, 1.807) is 10.8 Å². The van der Waals surface area contributed by atoms with Gasteiger partial charge in [-0.3, -0.25) is 9.98 Å². The van der Waals surface area contributed by atoms with Crippen LogP contribution in [0.3, 0.4) is 0 Å². The molecule has 0 bridgehead atoms. The van der Waals surface area contributed by atoms with E-state index in [0.717, 1.165) is 5.82 Å². The number of rotatable bonds is 1. The SMILES string of the molecule is Cl.N=C(N)n1cccc1-n1cccc1. The Labute approximate surface area is 87.9 Å². The number of nitrogens with one attached hydrogen (secondary N) is 1. The second kappa shape index (κ2) is 4.02. The second-order valence-electron chi connectivity index (χ2n) is 2.71. The molecule has 3 N–H and O–H groups in total. The molecule has 0 atom stereocenters. The lowest BCUT2D eigenvalue weighted by atomic mass is 10.6. The van der Waals surface area contributed by atoms with Crippen LogP contribution in [0.15, 0.2) is 42.9 Å². The Morgan fingerprint density at radius 1 is 1.14 bits per heavy atom. The lowest BCUT2D eigenvalue weighted by molar-refractivity contribution is 0.952. The maximum Gasteiger partial charge on any atom is 0.198 e. The van der Waals surface area contributed by atoms with Gasteiger partial charge in [-0.25, -0.2) is 0 Å². The van der Waals surface area contributed by atoms with E-state index in [2.05, 4.69) is 0 Å². The molecule has 5 heteroatoms. The number of nitrogens with zero attached hydrogens (tertiary/aromatic N) is 2. The van der Waals surface area contributed by atoms with Gasteiger partial charge in [0, 0.05) is 18.6 Å². The first-order valence-corrected chi connectivity index (χ1v) is 3.94. The van der Waals surface area contributed by atoms with Gasteiger partial charge >= 0.3 is 0 Å². The number of nitrogens with two attached hydrogens (primary N) is 1. The van der Waals surface area contributed by atoms with E-state index in [0.29, 0.717) is 0 Å². The molecule has 0 aromatic carbocycles. The number of hydrogen-bond donors (Lipinski definition) is 2. The highest BCUT2D eigenvalue weighted by Crippen LogP contribution is 2.07. The van der Waals surface area contributed by atoms with Crippen LogP contribution < -0.4 is 5.73 Å². The summed E-state index contributed by atoms with van der Waals surface area (Å²) in [4.78, 5) is 0. The lowest BCUT2D eigenvalue weighted by Crippen LogP contribution is -2.21. The molecule has 0 radical (unpaired) electrons. The Kier molecular flexibility index (Phi) is 2.99. The maximum absolute atomic E-state index is 7.32. The van der Waals surface area contributed by atoms with Gasteiger partial charge < -0.3 is 10.3 Å². The highest BCUT2D eigenvalue weighted by molar-refractivity contribution is 5.85. The highest BCUT2D eigenvalue weighted by atomic mass is 35.5. The topological polar surface area (TPSA) is 59.7 Å². The van der Waals surface area contributed by atoms with Crippen molar-refractivity contribution in [2.45, 2.75) is 0 Å². The smallest absolute Gasteiger partial charge is 0.198 e. The molecule has 2 aromatic rings. The van der Waals surface area contributed by atoms with Crippen LogP contribution in [-0.2, 0) is 0 Å². The summed E-state index contributed by atoms with van der Waals surface area (Å²) in [7, 11) is 0. The molecule has 2 heterocycles. The number of aromatic nitrogens is 2. The zero-order valence-electron chi connectivity index (χ0n) is 7.42. The molecule has 0 saturated heterocycles. The Morgan fingerprint density at radius 2 is 1.79 bits per heavy atom. The normalized spacial score (nSPS) is 9.43. The molecule has 4 nitrogen and oxygen atoms in total. The molecule has 0 aliphatic rings. The second-order valence-corrected chi connectivity index (χ2v) is 2.71. The molecule has 2 aromatic heterocycles. The van der Waals surface area contributed by atoms with Crippen LogP contribution in [0.5, 0.6) is 0 Å². The predicted octanol–water partition coefficient (Wildman–Crippen LogP) is 1.44. The van der Waals surface area contributed by atoms with E-state index in [-0.39, 0.29) is 18.4 Å². The zero-order valence-corrected chi connectivity index (χ0v) is 8.24. The summed E-state index contributed by atoms with van der Waals surface area (Å²) in [5, 5.41) is 7.32. The maximum atomic E-state index is 7.32. The molecule has 0 spiro atoms. The average Bonchev–Trinajstić information content (AvgIpc) is 2.74. The van der Waals surface area contributed by atoms with Crippen LogP contribution >= 0.6 is 12.4 Å². The van der Waals surface area contributed by atoms with E-state index in [4.69, 9.17) is 11.1 Å². The van der Waals surface area contributed by atoms with Crippen LogP contribution in [0.25, 0.3) is 5.82 Å². The van der Waals surface area contributed by atoms with Crippen molar-refractivity contribution in [3.8, 4) is 5.82 Å². The van der Waals surface area contributed by atoms with Gasteiger partial charge in [0.15, 0.2) is 5.96 Å². The molecule has 0 saturated carbocycles. The highest BCUT2D eigenvalue weighted by Gasteiger charge is 2.02.